The molecule has 1 aromatic carbocycles. The van der Waals surface area contributed by atoms with Gasteiger partial charge in [0, 0.05) is 19.5 Å². The van der Waals surface area contributed by atoms with E-state index in [1.807, 2.05) is 19.1 Å². The van der Waals surface area contributed by atoms with Gasteiger partial charge in [-0.3, -0.25) is 19.2 Å². The van der Waals surface area contributed by atoms with Crippen LogP contribution < -0.4 is 16.4 Å². The van der Waals surface area contributed by atoms with Crippen molar-refractivity contribution >= 4 is 29.8 Å². The second-order valence-electron chi connectivity index (χ2n) is 9.67. The fraction of sp³-hybridized carbons (Fsp3) is 0.593. The number of carbonyl (C=O) groups excluding carboxylic acids is 5. The summed E-state index contributed by atoms with van der Waals surface area (Å²) in [5, 5.41) is 5.24. The molecule has 11 heteroatoms. The second kappa shape index (κ2) is 15.6. The highest BCUT2D eigenvalue weighted by Crippen LogP contribution is 2.24. The summed E-state index contributed by atoms with van der Waals surface area (Å²) in [6.07, 6.45) is -0.301. The number of rotatable bonds is 14. The summed E-state index contributed by atoms with van der Waals surface area (Å²) >= 11 is 0. The molecule has 38 heavy (non-hydrogen) atoms. The molecule has 2 unspecified atom stereocenters. The summed E-state index contributed by atoms with van der Waals surface area (Å²) in [5.74, 6) is -2.17. The Bertz CT molecular complexity index is 957. The highest BCUT2D eigenvalue weighted by Gasteiger charge is 2.35. The molecule has 2 atom stereocenters. The molecule has 0 bridgehead atoms. The summed E-state index contributed by atoms with van der Waals surface area (Å²) in [6, 6.07) is 5.06. The van der Waals surface area contributed by atoms with E-state index in [1.165, 1.54) is 4.90 Å². The van der Waals surface area contributed by atoms with Crippen LogP contribution in [0.3, 0.4) is 0 Å². The Kier molecular flexibility index (Phi) is 13.3. The molecule has 0 aromatic heterocycles. The number of aryl methyl sites for hydroxylation is 1. The molecule has 4 N–H and O–H groups in total. The quantitative estimate of drug-likeness (QED) is 0.309. The van der Waals surface area contributed by atoms with E-state index in [-0.39, 0.29) is 39.0 Å². The smallest absolute Gasteiger partial charge is 0.408 e. The predicted molar refractivity (Wildman–Crippen MR) is 142 cm³/mol. The Labute approximate surface area is 224 Å². The van der Waals surface area contributed by atoms with Gasteiger partial charge >= 0.3 is 12.1 Å². The zero-order valence-electron chi connectivity index (χ0n) is 23.3. The van der Waals surface area contributed by atoms with Gasteiger partial charge in [0.1, 0.15) is 17.7 Å². The van der Waals surface area contributed by atoms with Crippen LogP contribution in [0.25, 0.3) is 0 Å². The number of hydrogen-bond acceptors (Lipinski definition) is 7. The lowest BCUT2D eigenvalue weighted by molar-refractivity contribution is -0.144. The first-order chi connectivity index (χ1) is 17.8. The molecule has 212 valence electrons. The number of ether oxygens (including phenoxy) is 2. The first kappa shape index (κ1) is 32.4. The number of carbonyl (C=O) groups is 5. The van der Waals surface area contributed by atoms with Crippen molar-refractivity contribution in [3.05, 3.63) is 35.4 Å². The van der Waals surface area contributed by atoms with Gasteiger partial charge in [-0.2, -0.15) is 0 Å². The number of nitrogens with zero attached hydrogens (tertiary/aromatic N) is 1. The Morgan fingerprint density at radius 3 is 2.13 bits per heavy atom. The van der Waals surface area contributed by atoms with Crippen LogP contribution in [0.2, 0.25) is 0 Å². The minimum atomic E-state index is -1.16. The summed E-state index contributed by atoms with van der Waals surface area (Å²) in [4.78, 5) is 64.2. The maximum absolute atomic E-state index is 13.7. The van der Waals surface area contributed by atoms with Crippen LogP contribution in [0, 0.1) is 0 Å². The number of hydrogen-bond donors (Lipinski definition) is 3. The van der Waals surface area contributed by atoms with Gasteiger partial charge in [0.15, 0.2) is 0 Å². The number of primary amides is 1. The molecule has 0 aliphatic heterocycles. The van der Waals surface area contributed by atoms with E-state index in [4.69, 9.17) is 15.2 Å². The topological polar surface area (TPSA) is 157 Å². The molecule has 0 fully saturated rings. The van der Waals surface area contributed by atoms with Gasteiger partial charge in [-0.15, -0.1) is 0 Å². The third-order valence-electron chi connectivity index (χ3n) is 5.49. The van der Waals surface area contributed by atoms with E-state index < -0.39 is 47.5 Å². The van der Waals surface area contributed by atoms with Crippen LogP contribution in [0.15, 0.2) is 24.3 Å². The Balaban J connectivity index is 3.31. The average molecular weight is 535 g/mol. The van der Waals surface area contributed by atoms with E-state index in [9.17, 15) is 24.0 Å². The summed E-state index contributed by atoms with van der Waals surface area (Å²) in [7, 11) is 0. The number of nitrogens with one attached hydrogen (secondary N) is 2. The normalized spacial score (nSPS) is 12.6. The van der Waals surface area contributed by atoms with E-state index in [0.29, 0.717) is 5.56 Å². The number of benzene rings is 1. The minimum absolute atomic E-state index is 0.0220. The van der Waals surface area contributed by atoms with Gasteiger partial charge in [-0.1, -0.05) is 31.2 Å². The molecular weight excluding hydrogens is 492 g/mol. The average Bonchev–Trinajstić information content (AvgIpc) is 2.83. The summed E-state index contributed by atoms with van der Waals surface area (Å²) < 4.78 is 10.2. The third-order valence-corrected chi connectivity index (χ3v) is 5.49. The Hall–Kier alpha value is -3.63. The molecule has 4 amide bonds. The lowest BCUT2D eigenvalue weighted by atomic mass is 10.00. The number of nitrogens with two attached hydrogens (primary N) is 1. The molecule has 1 aromatic rings. The number of amides is 4. The highest BCUT2D eigenvalue weighted by atomic mass is 16.6. The van der Waals surface area contributed by atoms with Crippen molar-refractivity contribution in [1.29, 1.82) is 0 Å². The molecule has 0 saturated heterocycles. The van der Waals surface area contributed by atoms with Crippen molar-refractivity contribution in [3.8, 4) is 0 Å². The molecule has 0 heterocycles. The zero-order valence-corrected chi connectivity index (χ0v) is 23.3. The first-order valence-corrected chi connectivity index (χ1v) is 12.9. The van der Waals surface area contributed by atoms with Crippen molar-refractivity contribution in [1.82, 2.24) is 15.5 Å². The van der Waals surface area contributed by atoms with E-state index in [0.717, 1.165) is 12.0 Å². The predicted octanol–water partition coefficient (Wildman–Crippen LogP) is 2.37. The van der Waals surface area contributed by atoms with Gasteiger partial charge in [0.25, 0.3) is 0 Å². The van der Waals surface area contributed by atoms with Crippen molar-refractivity contribution in [3.63, 3.8) is 0 Å². The van der Waals surface area contributed by atoms with Crippen molar-refractivity contribution in [2.24, 2.45) is 5.73 Å². The standard InChI is InChI=1S/C27H42N4O7/c1-7-18-10-12-19(13-11-18)23(24(34)29-17-16-22(33)37-9-3)31(8-2)25(35)20(14-15-21(28)32)30-26(36)38-27(4,5)6/h10-13,20,23H,7-9,14-17H2,1-6H3,(H2,28,32)(H,29,34)(H,30,36). The molecule has 1 rings (SSSR count). The van der Waals surface area contributed by atoms with Crippen LogP contribution in [0.4, 0.5) is 4.79 Å². The van der Waals surface area contributed by atoms with Gasteiger partial charge in [-0.25, -0.2) is 4.79 Å². The van der Waals surface area contributed by atoms with Gasteiger partial charge in [0.2, 0.25) is 17.7 Å². The Morgan fingerprint density at radius 1 is 1.00 bits per heavy atom. The number of esters is 1. The zero-order chi connectivity index (χ0) is 28.9. The lowest BCUT2D eigenvalue weighted by Gasteiger charge is -2.33. The molecule has 0 spiro atoms. The number of alkyl carbamates (subject to hydrolysis) is 1. The second-order valence-corrected chi connectivity index (χ2v) is 9.67. The van der Waals surface area contributed by atoms with Crippen LogP contribution >= 0.6 is 0 Å². The third kappa shape index (κ3) is 11.2. The fourth-order valence-corrected chi connectivity index (χ4v) is 3.69. The van der Waals surface area contributed by atoms with Crippen LogP contribution in [-0.2, 0) is 35.1 Å². The molecule has 0 aliphatic carbocycles. The molecule has 0 radical (unpaired) electrons. The van der Waals surface area contributed by atoms with E-state index >= 15 is 0 Å². The van der Waals surface area contributed by atoms with Gasteiger partial charge in [0.05, 0.1) is 13.0 Å². The molecule has 0 saturated carbocycles. The largest absolute Gasteiger partial charge is 0.466 e. The first-order valence-electron chi connectivity index (χ1n) is 12.9. The SMILES string of the molecule is CCOC(=O)CCNC(=O)C(c1ccc(CC)cc1)N(CC)C(=O)C(CCC(N)=O)NC(=O)OC(C)(C)C. The molecule has 11 nitrogen and oxygen atoms in total. The maximum Gasteiger partial charge on any atom is 0.408 e. The van der Waals surface area contributed by atoms with Crippen LogP contribution in [0.5, 0.6) is 0 Å². The van der Waals surface area contributed by atoms with Gasteiger partial charge in [-0.05, 0) is 58.6 Å². The molecular formula is C27H42N4O7. The monoisotopic (exact) mass is 534 g/mol. The minimum Gasteiger partial charge on any atom is -0.466 e. The van der Waals surface area contributed by atoms with Crippen LogP contribution in [0.1, 0.15) is 78.0 Å². The van der Waals surface area contributed by atoms with Crippen LogP contribution in [-0.4, -0.2) is 66.0 Å². The van der Waals surface area contributed by atoms with Crippen molar-refractivity contribution < 1.29 is 33.4 Å². The number of likely N-dealkylation sites (N-methyl/N-ethyl adjacent to an activating group) is 1. The Morgan fingerprint density at radius 2 is 1.63 bits per heavy atom. The van der Waals surface area contributed by atoms with Gasteiger partial charge < -0.3 is 30.7 Å². The summed E-state index contributed by atoms with van der Waals surface area (Å²) in [5.41, 5.74) is 6.09. The van der Waals surface area contributed by atoms with Crippen molar-refractivity contribution in [2.75, 3.05) is 19.7 Å². The van der Waals surface area contributed by atoms with E-state index in [1.54, 1.807) is 46.8 Å². The van der Waals surface area contributed by atoms with E-state index in [2.05, 4.69) is 10.6 Å². The van der Waals surface area contributed by atoms with Crippen molar-refractivity contribution in [2.45, 2.75) is 84.9 Å². The lowest BCUT2D eigenvalue weighted by Crippen LogP contribution is -2.53. The maximum atomic E-state index is 13.7. The summed E-state index contributed by atoms with van der Waals surface area (Å²) in [6.45, 7) is 10.8. The highest BCUT2D eigenvalue weighted by molar-refractivity contribution is 5.92. The molecule has 0 aliphatic rings. The fourth-order valence-electron chi connectivity index (χ4n) is 3.69.